The molecule has 124 valence electrons. The van der Waals surface area contributed by atoms with Crippen LogP contribution in [-0.2, 0) is 20.0 Å². The second-order valence-electron chi connectivity index (χ2n) is 5.22. The molecule has 3 N–H and O–H groups in total. The number of aryl methyl sites for hydroxylation is 1. The van der Waals surface area contributed by atoms with Crippen LogP contribution in [-0.4, -0.2) is 16.8 Å². The third-order valence-electron chi connectivity index (χ3n) is 3.45. The molecule has 0 heterocycles. The standard InChI is InChI=1S/C15H18N2O4S2/c1-11-5-3-4-6-15(11)12(2)17-23(20,21)14-9-7-13(8-10-14)22(16,18)19/h3-10,12,17H,1-2H3,(H2,16,18,19). The maximum Gasteiger partial charge on any atom is 0.241 e. The third kappa shape index (κ3) is 4.17. The van der Waals surface area contributed by atoms with Crippen LogP contribution < -0.4 is 9.86 Å². The predicted octanol–water partition coefficient (Wildman–Crippen LogP) is 1.68. The van der Waals surface area contributed by atoms with Crippen LogP contribution in [0.4, 0.5) is 0 Å². The topological polar surface area (TPSA) is 106 Å². The lowest BCUT2D eigenvalue weighted by atomic mass is 10.0. The number of nitrogens with two attached hydrogens (primary N) is 1. The molecule has 6 nitrogen and oxygen atoms in total. The molecular weight excluding hydrogens is 336 g/mol. The Bertz CT molecular complexity index is 905. The minimum absolute atomic E-state index is 0.0228. The molecule has 0 saturated carbocycles. The summed E-state index contributed by atoms with van der Waals surface area (Å²) in [5.74, 6) is 0. The highest BCUT2D eigenvalue weighted by molar-refractivity contribution is 7.89. The molecule has 0 aliphatic rings. The van der Waals surface area contributed by atoms with Gasteiger partial charge in [-0.2, -0.15) is 0 Å². The summed E-state index contributed by atoms with van der Waals surface area (Å²) in [5, 5.41) is 5.00. The lowest BCUT2D eigenvalue weighted by Gasteiger charge is -2.16. The zero-order chi connectivity index (χ0) is 17.3. The molecule has 0 aliphatic carbocycles. The normalized spacial score (nSPS) is 13.7. The molecule has 0 amide bonds. The lowest BCUT2D eigenvalue weighted by Crippen LogP contribution is -2.27. The van der Waals surface area contributed by atoms with E-state index in [0.29, 0.717) is 0 Å². The van der Waals surface area contributed by atoms with Crippen molar-refractivity contribution in [1.29, 1.82) is 0 Å². The van der Waals surface area contributed by atoms with Crippen molar-refractivity contribution in [1.82, 2.24) is 4.72 Å². The largest absolute Gasteiger partial charge is 0.241 e. The molecule has 0 radical (unpaired) electrons. The van der Waals surface area contributed by atoms with Gasteiger partial charge in [-0.25, -0.2) is 26.7 Å². The number of hydrogen-bond donors (Lipinski definition) is 2. The number of hydrogen-bond acceptors (Lipinski definition) is 4. The van der Waals surface area contributed by atoms with Crippen molar-refractivity contribution in [2.24, 2.45) is 5.14 Å². The Kier molecular flexibility index (Phi) is 4.90. The first kappa shape index (κ1) is 17.6. The Morgan fingerprint density at radius 3 is 1.96 bits per heavy atom. The number of benzene rings is 2. The molecular formula is C15H18N2O4S2. The van der Waals surface area contributed by atoms with Gasteiger partial charge in [0.25, 0.3) is 0 Å². The van der Waals surface area contributed by atoms with Gasteiger partial charge >= 0.3 is 0 Å². The highest BCUT2D eigenvalue weighted by Crippen LogP contribution is 2.20. The van der Waals surface area contributed by atoms with Gasteiger partial charge in [-0.1, -0.05) is 24.3 Å². The minimum Gasteiger partial charge on any atom is -0.225 e. The average Bonchev–Trinajstić information content (AvgIpc) is 2.46. The van der Waals surface area contributed by atoms with Crippen LogP contribution in [0, 0.1) is 6.92 Å². The zero-order valence-electron chi connectivity index (χ0n) is 12.7. The Labute approximate surface area is 136 Å². The zero-order valence-corrected chi connectivity index (χ0v) is 14.4. The quantitative estimate of drug-likeness (QED) is 0.852. The Balaban J connectivity index is 2.27. The third-order valence-corrected chi connectivity index (χ3v) is 5.94. The summed E-state index contributed by atoms with van der Waals surface area (Å²) in [5.41, 5.74) is 1.85. The van der Waals surface area contributed by atoms with Crippen LogP contribution in [0.25, 0.3) is 0 Å². The summed E-state index contributed by atoms with van der Waals surface area (Å²) in [7, 11) is -7.62. The van der Waals surface area contributed by atoms with Crippen LogP contribution in [0.1, 0.15) is 24.1 Å². The smallest absolute Gasteiger partial charge is 0.225 e. The van der Waals surface area contributed by atoms with E-state index < -0.39 is 26.1 Å². The molecule has 0 aliphatic heterocycles. The van der Waals surface area contributed by atoms with Gasteiger partial charge in [-0.05, 0) is 49.2 Å². The number of primary sulfonamides is 1. The maximum absolute atomic E-state index is 12.4. The van der Waals surface area contributed by atoms with E-state index in [1.54, 1.807) is 6.92 Å². The minimum atomic E-state index is -3.85. The van der Waals surface area contributed by atoms with Crippen LogP contribution >= 0.6 is 0 Å². The van der Waals surface area contributed by atoms with Crippen molar-refractivity contribution >= 4 is 20.0 Å². The summed E-state index contributed by atoms with van der Waals surface area (Å²) in [6.45, 7) is 3.65. The molecule has 0 bridgehead atoms. The number of sulfonamides is 2. The fourth-order valence-electron chi connectivity index (χ4n) is 2.25. The number of nitrogens with one attached hydrogen (secondary N) is 1. The average molecular weight is 354 g/mol. The van der Waals surface area contributed by atoms with Gasteiger partial charge in [0.15, 0.2) is 0 Å². The van der Waals surface area contributed by atoms with Crippen molar-refractivity contribution < 1.29 is 16.8 Å². The Morgan fingerprint density at radius 2 is 1.43 bits per heavy atom. The van der Waals surface area contributed by atoms with E-state index in [9.17, 15) is 16.8 Å². The van der Waals surface area contributed by atoms with Crippen molar-refractivity contribution in [2.45, 2.75) is 29.7 Å². The van der Waals surface area contributed by atoms with E-state index in [0.717, 1.165) is 11.1 Å². The van der Waals surface area contributed by atoms with E-state index in [1.165, 1.54) is 24.3 Å². The first-order valence-corrected chi connectivity index (χ1v) is 9.85. The summed E-state index contributed by atoms with van der Waals surface area (Å²) in [4.78, 5) is -0.159. The molecule has 2 aromatic carbocycles. The van der Waals surface area contributed by atoms with Crippen LogP contribution in [0.2, 0.25) is 0 Å². The molecule has 0 saturated heterocycles. The van der Waals surface area contributed by atoms with Crippen LogP contribution in [0.3, 0.4) is 0 Å². The summed E-state index contributed by atoms with van der Waals surface area (Å²) < 4.78 is 49.8. The summed E-state index contributed by atoms with van der Waals surface area (Å²) >= 11 is 0. The molecule has 2 rings (SSSR count). The van der Waals surface area contributed by atoms with Gasteiger partial charge in [0, 0.05) is 6.04 Å². The highest BCUT2D eigenvalue weighted by Gasteiger charge is 2.20. The molecule has 1 atom stereocenters. The second kappa shape index (κ2) is 6.40. The highest BCUT2D eigenvalue weighted by atomic mass is 32.2. The summed E-state index contributed by atoms with van der Waals surface area (Å²) in [6, 6.07) is 11.8. The number of rotatable bonds is 5. The van der Waals surface area contributed by atoms with Crippen molar-refractivity contribution in [3.63, 3.8) is 0 Å². The van der Waals surface area contributed by atoms with Crippen LogP contribution in [0.5, 0.6) is 0 Å². The second-order valence-corrected chi connectivity index (χ2v) is 8.49. The van der Waals surface area contributed by atoms with Crippen molar-refractivity contribution in [3.8, 4) is 0 Å². The maximum atomic E-state index is 12.4. The van der Waals surface area contributed by atoms with E-state index >= 15 is 0 Å². The van der Waals surface area contributed by atoms with Crippen molar-refractivity contribution in [2.75, 3.05) is 0 Å². The lowest BCUT2D eigenvalue weighted by molar-refractivity contribution is 0.566. The van der Waals surface area contributed by atoms with Gasteiger partial charge in [-0.15, -0.1) is 0 Å². The fraction of sp³-hybridized carbons (Fsp3) is 0.200. The first-order chi connectivity index (χ1) is 10.6. The van der Waals surface area contributed by atoms with E-state index in [2.05, 4.69) is 4.72 Å². The van der Waals surface area contributed by atoms with Gasteiger partial charge in [-0.3, -0.25) is 0 Å². The van der Waals surface area contributed by atoms with Gasteiger partial charge in [0.05, 0.1) is 9.79 Å². The molecule has 0 spiro atoms. The molecule has 23 heavy (non-hydrogen) atoms. The molecule has 0 aromatic heterocycles. The van der Waals surface area contributed by atoms with E-state index in [1.807, 2.05) is 31.2 Å². The monoisotopic (exact) mass is 354 g/mol. The van der Waals surface area contributed by atoms with Gasteiger partial charge in [0.1, 0.15) is 0 Å². The Morgan fingerprint density at radius 1 is 0.913 bits per heavy atom. The molecule has 8 heteroatoms. The summed E-state index contributed by atoms with van der Waals surface area (Å²) in [6.07, 6.45) is 0. The fourth-order valence-corrected chi connectivity index (χ4v) is 3.98. The van der Waals surface area contributed by atoms with E-state index in [4.69, 9.17) is 5.14 Å². The van der Waals surface area contributed by atoms with E-state index in [-0.39, 0.29) is 9.79 Å². The van der Waals surface area contributed by atoms with Crippen LogP contribution in [0.15, 0.2) is 58.3 Å². The molecule has 2 aromatic rings. The van der Waals surface area contributed by atoms with Crippen molar-refractivity contribution in [3.05, 3.63) is 59.7 Å². The molecule has 0 fully saturated rings. The first-order valence-electron chi connectivity index (χ1n) is 6.82. The predicted molar refractivity (Wildman–Crippen MR) is 87.7 cm³/mol. The van der Waals surface area contributed by atoms with Gasteiger partial charge < -0.3 is 0 Å². The van der Waals surface area contributed by atoms with Gasteiger partial charge in [0.2, 0.25) is 20.0 Å². The molecule has 1 unspecified atom stereocenters. The SMILES string of the molecule is Cc1ccccc1C(C)NS(=O)(=O)c1ccc(S(N)(=O)=O)cc1. The Hall–Kier alpha value is -1.74.